The third kappa shape index (κ3) is 3.27. The molecule has 2 heterocycles. The Kier molecular flexibility index (Phi) is 3.88. The van der Waals surface area contributed by atoms with Crippen LogP contribution in [0.3, 0.4) is 0 Å². The molecule has 6 nitrogen and oxygen atoms in total. The van der Waals surface area contributed by atoms with E-state index in [1.54, 1.807) is 13.1 Å². The van der Waals surface area contributed by atoms with Gasteiger partial charge in [-0.05, 0) is 33.2 Å². The summed E-state index contributed by atoms with van der Waals surface area (Å²) < 4.78 is 5.12. The van der Waals surface area contributed by atoms with Gasteiger partial charge in [-0.25, -0.2) is 4.98 Å². The van der Waals surface area contributed by atoms with Crippen LogP contribution < -0.4 is 5.32 Å². The molecule has 0 spiro atoms. The highest BCUT2D eigenvalue weighted by atomic mass is 16.5. The SMILES string of the molecule is Cc1noc(-c2ccnc(NCCN(C)C)c2)n1. The zero-order valence-electron chi connectivity index (χ0n) is 10.8. The molecule has 0 radical (unpaired) electrons. The molecule has 6 heteroatoms. The molecule has 2 aromatic heterocycles. The minimum absolute atomic E-state index is 0.519. The number of anilines is 1. The van der Waals surface area contributed by atoms with Crippen LogP contribution in [0, 0.1) is 6.92 Å². The van der Waals surface area contributed by atoms with E-state index in [1.165, 1.54) is 0 Å². The average molecular weight is 247 g/mol. The Morgan fingerprint density at radius 1 is 1.39 bits per heavy atom. The van der Waals surface area contributed by atoms with Crippen LogP contribution in [-0.2, 0) is 0 Å². The normalized spacial score (nSPS) is 10.9. The Hall–Kier alpha value is -1.95. The molecule has 0 unspecified atom stereocenters. The van der Waals surface area contributed by atoms with Crippen molar-refractivity contribution in [2.24, 2.45) is 0 Å². The van der Waals surface area contributed by atoms with Crippen molar-refractivity contribution in [3.63, 3.8) is 0 Å². The van der Waals surface area contributed by atoms with Gasteiger partial charge in [0.05, 0.1) is 0 Å². The van der Waals surface area contributed by atoms with Crippen LogP contribution in [0.25, 0.3) is 11.5 Å². The van der Waals surface area contributed by atoms with Crippen molar-refractivity contribution in [1.29, 1.82) is 0 Å². The zero-order chi connectivity index (χ0) is 13.0. The van der Waals surface area contributed by atoms with Gasteiger partial charge in [0.15, 0.2) is 5.82 Å². The van der Waals surface area contributed by atoms with Crippen LogP contribution >= 0.6 is 0 Å². The minimum atomic E-state index is 0.519. The van der Waals surface area contributed by atoms with Gasteiger partial charge in [0.1, 0.15) is 5.82 Å². The lowest BCUT2D eigenvalue weighted by Gasteiger charge is -2.10. The number of hydrogen-bond donors (Lipinski definition) is 1. The standard InChI is InChI=1S/C12H17N5O/c1-9-15-12(18-16-9)10-4-5-13-11(8-10)14-6-7-17(2)3/h4-5,8H,6-7H2,1-3H3,(H,13,14). The zero-order valence-corrected chi connectivity index (χ0v) is 10.8. The van der Waals surface area contributed by atoms with E-state index in [-0.39, 0.29) is 0 Å². The molecule has 2 aromatic rings. The number of likely N-dealkylation sites (N-methyl/N-ethyl adjacent to an activating group) is 1. The van der Waals surface area contributed by atoms with Gasteiger partial charge in [0.2, 0.25) is 0 Å². The largest absolute Gasteiger partial charge is 0.369 e. The molecule has 1 N–H and O–H groups in total. The smallest absolute Gasteiger partial charge is 0.258 e. The summed E-state index contributed by atoms with van der Waals surface area (Å²) in [5.41, 5.74) is 0.873. The maximum Gasteiger partial charge on any atom is 0.258 e. The second-order valence-electron chi connectivity index (χ2n) is 4.31. The summed E-state index contributed by atoms with van der Waals surface area (Å²) in [6.07, 6.45) is 1.73. The van der Waals surface area contributed by atoms with Crippen molar-refractivity contribution in [1.82, 2.24) is 20.0 Å². The first kappa shape index (κ1) is 12.5. The Balaban J connectivity index is 2.05. The van der Waals surface area contributed by atoms with Crippen molar-refractivity contribution in [2.45, 2.75) is 6.92 Å². The predicted octanol–water partition coefficient (Wildman–Crippen LogP) is 1.41. The lowest BCUT2D eigenvalue weighted by Crippen LogP contribution is -2.21. The molecule has 0 saturated heterocycles. The number of hydrogen-bond acceptors (Lipinski definition) is 6. The molecular weight excluding hydrogens is 230 g/mol. The summed E-state index contributed by atoms with van der Waals surface area (Å²) in [6, 6.07) is 3.76. The first-order chi connectivity index (χ1) is 8.65. The molecule has 0 amide bonds. The van der Waals surface area contributed by atoms with Crippen LogP contribution in [0.4, 0.5) is 5.82 Å². The van der Waals surface area contributed by atoms with Gasteiger partial charge >= 0.3 is 0 Å². The summed E-state index contributed by atoms with van der Waals surface area (Å²) in [5.74, 6) is 1.96. The van der Waals surface area contributed by atoms with Crippen LogP contribution in [0.2, 0.25) is 0 Å². The van der Waals surface area contributed by atoms with E-state index in [2.05, 4.69) is 25.3 Å². The fraction of sp³-hybridized carbons (Fsp3) is 0.417. The first-order valence-electron chi connectivity index (χ1n) is 5.80. The summed E-state index contributed by atoms with van der Waals surface area (Å²) >= 11 is 0. The Morgan fingerprint density at radius 3 is 2.89 bits per heavy atom. The van der Waals surface area contributed by atoms with E-state index in [9.17, 15) is 0 Å². The Bertz CT molecular complexity index is 509. The first-order valence-corrected chi connectivity index (χ1v) is 5.80. The number of aryl methyl sites for hydroxylation is 1. The molecule has 2 rings (SSSR count). The van der Waals surface area contributed by atoms with E-state index in [4.69, 9.17) is 4.52 Å². The maximum absolute atomic E-state index is 5.12. The highest BCUT2D eigenvalue weighted by Gasteiger charge is 2.07. The van der Waals surface area contributed by atoms with Crippen molar-refractivity contribution in [2.75, 3.05) is 32.5 Å². The van der Waals surface area contributed by atoms with E-state index in [0.29, 0.717) is 11.7 Å². The van der Waals surface area contributed by atoms with Gasteiger partial charge in [-0.15, -0.1) is 0 Å². The third-order valence-corrected chi connectivity index (χ3v) is 2.40. The lowest BCUT2D eigenvalue weighted by molar-refractivity contribution is 0.424. The quantitative estimate of drug-likeness (QED) is 0.861. The fourth-order valence-electron chi connectivity index (χ4n) is 1.48. The van der Waals surface area contributed by atoms with Gasteiger partial charge in [-0.1, -0.05) is 5.16 Å². The second-order valence-corrected chi connectivity index (χ2v) is 4.31. The molecule has 0 atom stereocenters. The van der Waals surface area contributed by atoms with Crippen LogP contribution in [-0.4, -0.2) is 47.2 Å². The number of pyridine rings is 1. The van der Waals surface area contributed by atoms with Gasteiger partial charge < -0.3 is 14.7 Å². The summed E-state index contributed by atoms with van der Waals surface area (Å²) in [4.78, 5) is 10.5. The number of rotatable bonds is 5. The summed E-state index contributed by atoms with van der Waals surface area (Å²) in [7, 11) is 4.07. The van der Waals surface area contributed by atoms with E-state index in [1.807, 2.05) is 26.2 Å². The maximum atomic E-state index is 5.12. The molecule has 0 aliphatic heterocycles. The molecule has 0 saturated carbocycles. The Labute approximate surface area is 106 Å². The van der Waals surface area contributed by atoms with Crippen LogP contribution in [0.1, 0.15) is 5.82 Å². The molecule has 0 bridgehead atoms. The van der Waals surface area contributed by atoms with Crippen LogP contribution in [0.15, 0.2) is 22.9 Å². The van der Waals surface area contributed by atoms with Gasteiger partial charge in [0, 0.05) is 24.8 Å². The number of aromatic nitrogens is 3. The van der Waals surface area contributed by atoms with Crippen molar-refractivity contribution >= 4 is 5.82 Å². The van der Waals surface area contributed by atoms with Gasteiger partial charge in [-0.3, -0.25) is 0 Å². The topological polar surface area (TPSA) is 67.1 Å². The summed E-state index contributed by atoms with van der Waals surface area (Å²) in [6.45, 7) is 3.59. The molecule has 18 heavy (non-hydrogen) atoms. The van der Waals surface area contributed by atoms with Crippen molar-refractivity contribution in [3.05, 3.63) is 24.2 Å². The molecule has 0 fully saturated rings. The van der Waals surface area contributed by atoms with E-state index in [0.717, 1.165) is 24.5 Å². The lowest BCUT2D eigenvalue weighted by atomic mass is 10.2. The van der Waals surface area contributed by atoms with Crippen molar-refractivity contribution < 1.29 is 4.52 Å². The molecular formula is C12H17N5O. The third-order valence-electron chi connectivity index (χ3n) is 2.40. The number of nitrogens with zero attached hydrogens (tertiary/aromatic N) is 4. The van der Waals surface area contributed by atoms with Gasteiger partial charge in [0.25, 0.3) is 5.89 Å². The van der Waals surface area contributed by atoms with E-state index >= 15 is 0 Å². The minimum Gasteiger partial charge on any atom is -0.369 e. The van der Waals surface area contributed by atoms with Crippen LogP contribution in [0.5, 0.6) is 0 Å². The molecule has 0 aliphatic rings. The fourth-order valence-corrected chi connectivity index (χ4v) is 1.48. The monoisotopic (exact) mass is 247 g/mol. The predicted molar refractivity (Wildman–Crippen MR) is 69.3 cm³/mol. The summed E-state index contributed by atoms with van der Waals surface area (Å²) in [5, 5.41) is 7.02. The molecule has 96 valence electrons. The highest BCUT2D eigenvalue weighted by Crippen LogP contribution is 2.18. The average Bonchev–Trinajstić information content (AvgIpc) is 2.76. The molecule has 0 aromatic carbocycles. The van der Waals surface area contributed by atoms with Crippen molar-refractivity contribution in [3.8, 4) is 11.5 Å². The van der Waals surface area contributed by atoms with Gasteiger partial charge in [-0.2, -0.15) is 4.98 Å². The highest BCUT2D eigenvalue weighted by molar-refractivity contribution is 5.57. The van der Waals surface area contributed by atoms with E-state index < -0.39 is 0 Å². The second kappa shape index (κ2) is 5.59. The Morgan fingerprint density at radius 2 is 2.22 bits per heavy atom. The molecule has 0 aliphatic carbocycles. The number of nitrogens with one attached hydrogen (secondary N) is 1.